The molecule has 2 heterocycles. The van der Waals surface area contributed by atoms with Gasteiger partial charge in [-0.3, -0.25) is 4.98 Å². The van der Waals surface area contributed by atoms with Gasteiger partial charge in [-0.25, -0.2) is 4.39 Å². The SMILES string of the molecule is CC1(C)CC(c2ccncc2)c2c(O)cc(CCCCCc3ccc(F)cc3)cc2O1. The van der Waals surface area contributed by atoms with E-state index in [-0.39, 0.29) is 17.3 Å². The molecule has 162 valence electrons. The molecule has 1 aliphatic heterocycles. The number of aromatic nitrogens is 1. The summed E-state index contributed by atoms with van der Waals surface area (Å²) in [5, 5.41) is 10.9. The maximum atomic E-state index is 13.0. The van der Waals surface area contributed by atoms with Crippen LogP contribution in [-0.4, -0.2) is 15.7 Å². The van der Waals surface area contributed by atoms with Crippen molar-refractivity contribution in [2.24, 2.45) is 0 Å². The van der Waals surface area contributed by atoms with Crippen molar-refractivity contribution in [3.63, 3.8) is 0 Å². The van der Waals surface area contributed by atoms with Gasteiger partial charge in [-0.2, -0.15) is 0 Å². The Kier molecular flexibility index (Phi) is 6.26. The van der Waals surface area contributed by atoms with Crippen LogP contribution in [0.4, 0.5) is 4.39 Å². The molecule has 3 aromatic rings. The maximum Gasteiger partial charge on any atom is 0.127 e. The Labute approximate surface area is 183 Å². The van der Waals surface area contributed by atoms with E-state index in [9.17, 15) is 9.50 Å². The molecule has 0 saturated carbocycles. The minimum atomic E-state index is -0.304. The molecule has 0 saturated heterocycles. The van der Waals surface area contributed by atoms with Crippen LogP contribution in [0.2, 0.25) is 0 Å². The predicted octanol–water partition coefficient (Wildman–Crippen LogP) is 6.57. The first kappa shape index (κ1) is 21.4. The molecule has 0 spiro atoms. The van der Waals surface area contributed by atoms with E-state index in [0.29, 0.717) is 5.75 Å². The lowest BCUT2D eigenvalue weighted by atomic mass is 9.79. The number of benzene rings is 2. The van der Waals surface area contributed by atoms with Crippen LogP contribution in [-0.2, 0) is 12.8 Å². The minimum absolute atomic E-state index is 0.0894. The van der Waals surface area contributed by atoms with Crippen LogP contribution in [0, 0.1) is 5.82 Å². The van der Waals surface area contributed by atoms with Gasteiger partial charge in [0, 0.05) is 23.9 Å². The second kappa shape index (κ2) is 9.09. The first-order chi connectivity index (χ1) is 14.9. The molecule has 0 aliphatic carbocycles. The van der Waals surface area contributed by atoms with Crippen molar-refractivity contribution >= 4 is 0 Å². The number of nitrogens with zero attached hydrogens (tertiary/aromatic N) is 1. The van der Waals surface area contributed by atoms with Crippen molar-refractivity contribution in [2.45, 2.75) is 63.9 Å². The number of aryl methyl sites for hydroxylation is 2. The number of phenolic OH excluding ortho intramolecular Hbond substituents is 1. The van der Waals surface area contributed by atoms with Crippen molar-refractivity contribution in [2.75, 3.05) is 0 Å². The van der Waals surface area contributed by atoms with E-state index in [2.05, 4.69) is 24.9 Å². The zero-order valence-electron chi connectivity index (χ0n) is 18.3. The average molecular weight is 420 g/mol. The highest BCUT2D eigenvalue weighted by atomic mass is 19.1. The van der Waals surface area contributed by atoms with Gasteiger partial charge in [0.05, 0.1) is 0 Å². The third-order valence-corrected chi connectivity index (χ3v) is 6.06. The Morgan fingerprint density at radius 1 is 0.968 bits per heavy atom. The number of ether oxygens (including phenoxy) is 1. The number of fused-ring (bicyclic) bond motifs is 1. The molecule has 0 radical (unpaired) electrons. The largest absolute Gasteiger partial charge is 0.507 e. The molecule has 1 atom stereocenters. The van der Waals surface area contributed by atoms with E-state index in [1.54, 1.807) is 12.4 Å². The highest BCUT2D eigenvalue weighted by Crippen LogP contribution is 2.48. The second-order valence-electron chi connectivity index (χ2n) is 9.11. The van der Waals surface area contributed by atoms with Gasteiger partial charge in [-0.05, 0) is 99.0 Å². The van der Waals surface area contributed by atoms with Crippen molar-refractivity contribution < 1.29 is 14.2 Å². The van der Waals surface area contributed by atoms with Crippen LogP contribution in [0.25, 0.3) is 0 Å². The number of phenols is 1. The summed E-state index contributed by atoms with van der Waals surface area (Å²) in [5.74, 6) is 1.01. The van der Waals surface area contributed by atoms with Crippen molar-refractivity contribution in [3.05, 3.63) is 89.0 Å². The zero-order valence-corrected chi connectivity index (χ0v) is 18.3. The minimum Gasteiger partial charge on any atom is -0.507 e. The number of unbranched alkanes of at least 4 members (excludes halogenated alkanes) is 2. The van der Waals surface area contributed by atoms with Crippen molar-refractivity contribution in [1.82, 2.24) is 4.98 Å². The summed E-state index contributed by atoms with van der Waals surface area (Å²) in [6.45, 7) is 4.20. The van der Waals surface area contributed by atoms with E-state index in [1.165, 1.54) is 17.7 Å². The van der Waals surface area contributed by atoms with E-state index >= 15 is 0 Å². The third kappa shape index (κ3) is 5.25. The van der Waals surface area contributed by atoms with Crippen LogP contribution in [0.15, 0.2) is 60.9 Å². The fourth-order valence-electron chi connectivity index (χ4n) is 4.55. The Hall–Kier alpha value is -2.88. The van der Waals surface area contributed by atoms with Crippen LogP contribution < -0.4 is 4.74 Å². The Morgan fingerprint density at radius 3 is 2.35 bits per heavy atom. The summed E-state index contributed by atoms with van der Waals surface area (Å²) >= 11 is 0. The summed E-state index contributed by atoms with van der Waals surface area (Å²) in [7, 11) is 0. The molecule has 1 unspecified atom stereocenters. The summed E-state index contributed by atoms with van der Waals surface area (Å²) < 4.78 is 19.3. The van der Waals surface area contributed by atoms with Crippen LogP contribution in [0.5, 0.6) is 11.5 Å². The van der Waals surface area contributed by atoms with Crippen molar-refractivity contribution in [1.29, 1.82) is 0 Å². The molecule has 2 aromatic carbocycles. The molecular formula is C27H30FNO2. The lowest BCUT2D eigenvalue weighted by Gasteiger charge is -2.38. The number of aromatic hydroxyl groups is 1. The Morgan fingerprint density at radius 2 is 1.65 bits per heavy atom. The summed E-state index contributed by atoms with van der Waals surface area (Å²) in [6.07, 6.45) is 9.45. The molecule has 4 rings (SSSR count). The van der Waals surface area contributed by atoms with Crippen LogP contribution in [0.1, 0.15) is 67.7 Å². The van der Waals surface area contributed by atoms with Gasteiger partial charge in [0.15, 0.2) is 0 Å². The van der Waals surface area contributed by atoms with Gasteiger partial charge in [0.25, 0.3) is 0 Å². The highest BCUT2D eigenvalue weighted by molar-refractivity contribution is 5.54. The molecular weight excluding hydrogens is 389 g/mol. The quantitative estimate of drug-likeness (QED) is 0.440. The van der Waals surface area contributed by atoms with Crippen LogP contribution >= 0.6 is 0 Å². The normalized spacial score (nSPS) is 17.1. The van der Waals surface area contributed by atoms with Gasteiger partial charge in [0.2, 0.25) is 0 Å². The number of pyridine rings is 1. The number of halogens is 1. The van der Waals surface area contributed by atoms with E-state index in [4.69, 9.17) is 4.74 Å². The number of hydrogen-bond donors (Lipinski definition) is 1. The molecule has 0 fully saturated rings. The summed E-state index contributed by atoms with van der Waals surface area (Å²) in [4.78, 5) is 4.13. The highest BCUT2D eigenvalue weighted by Gasteiger charge is 2.36. The molecule has 0 amide bonds. The summed E-state index contributed by atoms with van der Waals surface area (Å²) in [6, 6.07) is 14.8. The smallest absolute Gasteiger partial charge is 0.127 e. The number of rotatable bonds is 7. The second-order valence-corrected chi connectivity index (χ2v) is 9.11. The van der Waals surface area contributed by atoms with E-state index < -0.39 is 0 Å². The topological polar surface area (TPSA) is 42.4 Å². The molecule has 1 aromatic heterocycles. The third-order valence-electron chi connectivity index (χ3n) is 6.06. The molecule has 1 aliphatic rings. The molecule has 4 heteroatoms. The maximum absolute atomic E-state index is 13.0. The Bertz CT molecular complexity index is 1020. The first-order valence-electron chi connectivity index (χ1n) is 11.1. The van der Waals surface area contributed by atoms with E-state index in [1.807, 2.05) is 30.3 Å². The number of hydrogen-bond acceptors (Lipinski definition) is 3. The van der Waals surface area contributed by atoms with Gasteiger partial charge in [-0.15, -0.1) is 0 Å². The lowest BCUT2D eigenvalue weighted by molar-refractivity contribution is 0.0762. The van der Waals surface area contributed by atoms with Gasteiger partial charge >= 0.3 is 0 Å². The molecule has 1 N–H and O–H groups in total. The zero-order chi connectivity index (χ0) is 21.8. The average Bonchev–Trinajstić information content (AvgIpc) is 2.74. The fourth-order valence-corrected chi connectivity index (χ4v) is 4.55. The van der Waals surface area contributed by atoms with Crippen molar-refractivity contribution in [3.8, 4) is 11.5 Å². The monoisotopic (exact) mass is 419 g/mol. The fraction of sp³-hybridized carbons (Fsp3) is 0.370. The Balaban J connectivity index is 1.42. The van der Waals surface area contributed by atoms with Gasteiger partial charge in [0.1, 0.15) is 22.9 Å². The summed E-state index contributed by atoms with van der Waals surface area (Å²) in [5.41, 5.74) is 4.00. The van der Waals surface area contributed by atoms with Crippen LogP contribution in [0.3, 0.4) is 0 Å². The molecule has 0 bridgehead atoms. The lowest BCUT2D eigenvalue weighted by Crippen LogP contribution is -2.35. The standard InChI is InChI=1S/C27H30FNO2/c1-27(2)18-23(21-12-14-29-15-13-21)26-24(30)16-20(17-25(26)31-27)7-5-3-4-6-19-8-10-22(28)11-9-19/h8-17,23,30H,3-7,18H2,1-2H3. The van der Waals surface area contributed by atoms with Gasteiger partial charge < -0.3 is 9.84 Å². The van der Waals surface area contributed by atoms with E-state index in [0.717, 1.165) is 61.0 Å². The molecule has 31 heavy (non-hydrogen) atoms. The molecule has 3 nitrogen and oxygen atoms in total. The van der Waals surface area contributed by atoms with Gasteiger partial charge in [-0.1, -0.05) is 18.6 Å². The first-order valence-corrected chi connectivity index (χ1v) is 11.1. The predicted molar refractivity (Wildman–Crippen MR) is 121 cm³/mol.